The smallest absolute Gasteiger partial charge is 0.0466 e. The lowest BCUT2D eigenvalue weighted by Gasteiger charge is -2.27. The fraction of sp³-hybridized carbons (Fsp3) is 0.333. The Balaban J connectivity index is 2.41. The van der Waals surface area contributed by atoms with Gasteiger partial charge >= 0.3 is 0 Å². The standard InChI is InChI=1S/C9H10N/c1-2-4-9-7-10-6-5-8(9)3-1/h1-4H,5-7H2/q-1. The van der Waals surface area contributed by atoms with E-state index in [1.807, 2.05) is 0 Å². The predicted octanol–water partition coefficient (Wildman–Crippen LogP) is 2.12. The van der Waals surface area contributed by atoms with Crippen LogP contribution in [0, 0.1) is 0 Å². The molecule has 1 aromatic rings. The number of nitrogens with zero attached hydrogens (tertiary/aromatic N) is 1. The number of hydrogen-bond donors (Lipinski definition) is 0. The fourth-order valence-electron chi connectivity index (χ4n) is 1.35. The zero-order chi connectivity index (χ0) is 6.81. The molecule has 1 aromatic carbocycles. The summed E-state index contributed by atoms with van der Waals surface area (Å²) < 4.78 is 0. The van der Waals surface area contributed by atoms with Gasteiger partial charge in [-0.15, -0.1) is 13.1 Å². The number of benzene rings is 1. The minimum absolute atomic E-state index is 0.927. The van der Waals surface area contributed by atoms with Crippen LogP contribution in [-0.2, 0) is 13.0 Å². The predicted molar refractivity (Wildman–Crippen MR) is 42.1 cm³/mol. The average molecular weight is 132 g/mol. The Morgan fingerprint density at radius 1 is 1.10 bits per heavy atom. The van der Waals surface area contributed by atoms with Crippen LogP contribution in [0.4, 0.5) is 0 Å². The van der Waals surface area contributed by atoms with Gasteiger partial charge in [0.2, 0.25) is 0 Å². The lowest BCUT2D eigenvalue weighted by atomic mass is 10.0. The second-order valence-corrected chi connectivity index (χ2v) is 2.62. The Kier molecular flexibility index (Phi) is 1.44. The van der Waals surface area contributed by atoms with Crippen LogP contribution in [0.15, 0.2) is 24.3 Å². The molecule has 0 N–H and O–H groups in total. The molecule has 0 saturated heterocycles. The van der Waals surface area contributed by atoms with Gasteiger partial charge in [0.15, 0.2) is 0 Å². The molecule has 52 valence electrons. The molecule has 0 radical (unpaired) electrons. The fourth-order valence-corrected chi connectivity index (χ4v) is 1.35. The van der Waals surface area contributed by atoms with Gasteiger partial charge in [-0.25, -0.2) is 0 Å². The van der Waals surface area contributed by atoms with Crippen LogP contribution in [-0.4, -0.2) is 6.54 Å². The van der Waals surface area contributed by atoms with Gasteiger partial charge in [0.05, 0.1) is 0 Å². The van der Waals surface area contributed by atoms with E-state index in [4.69, 9.17) is 0 Å². The molecule has 0 aliphatic carbocycles. The van der Waals surface area contributed by atoms with Crippen molar-refractivity contribution in [2.24, 2.45) is 0 Å². The summed E-state index contributed by atoms with van der Waals surface area (Å²) in [5.41, 5.74) is 2.89. The Labute approximate surface area is 61.1 Å². The van der Waals surface area contributed by atoms with E-state index in [9.17, 15) is 0 Å². The third kappa shape index (κ3) is 0.929. The van der Waals surface area contributed by atoms with E-state index in [0.717, 1.165) is 19.5 Å². The van der Waals surface area contributed by atoms with Crippen molar-refractivity contribution in [2.75, 3.05) is 6.54 Å². The van der Waals surface area contributed by atoms with Crippen molar-refractivity contribution in [3.63, 3.8) is 0 Å². The SMILES string of the molecule is c1ccc2c(c1)CC[N-]C2. The largest absolute Gasteiger partial charge is 0.658 e. The van der Waals surface area contributed by atoms with E-state index in [-0.39, 0.29) is 0 Å². The minimum Gasteiger partial charge on any atom is -0.658 e. The molecule has 0 unspecified atom stereocenters. The third-order valence-corrected chi connectivity index (χ3v) is 1.94. The number of fused-ring (bicyclic) bond motifs is 1. The van der Waals surface area contributed by atoms with Crippen molar-refractivity contribution < 1.29 is 0 Å². The molecule has 10 heavy (non-hydrogen) atoms. The zero-order valence-electron chi connectivity index (χ0n) is 5.88. The maximum atomic E-state index is 4.32. The molecule has 2 rings (SSSR count). The zero-order valence-corrected chi connectivity index (χ0v) is 5.88. The molecule has 0 saturated carbocycles. The first-order valence-electron chi connectivity index (χ1n) is 3.67. The monoisotopic (exact) mass is 132 g/mol. The van der Waals surface area contributed by atoms with Crippen LogP contribution < -0.4 is 0 Å². The molecule has 0 fully saturated rings. The van der Waals surface area contributed by atoms with E-state index in [1.54, 1.807) is 0 Å². The first kappa shape index (κ1) is 5.93. The van der Waals surface area contributed by atoms with E-state index < -0.39 is 0 Å². The highest BCUT2D eigenvalue weighted by Gasteiger charge is 1.98. The molecular formula is C9H10N-. The van der Waals surface area contributed by atoms with Crippen molar-refractivity contribution in [1.29, 1.82) is 0 Å². The third-order valence-electron chi connectivity index (χ3n) is 1.94. The van der Waals surface area contributed by atoms with Crippen molar-refractivity contribution >= 4 is 0 Å². The minimum atomic E-state index is 0.927. The quantitative estimate of drug-likeness (QED) is 0.513. The molecule has 1 heteroatoms. The second-order valence-electron chi connectivity index (χ2n) is 2.62. The number of rotatable bonds is 0. The van der Waals surface area contributed by atoms with Crippen LogP contribution in [0.3, 0.4) is 0 Å². The highest BCUT2D eigenvalue weighted by Crippen LogP contribution is 2.18. The first-order chi connectivity index (χ1) is 4.97. The Bertz CT molecular complexity index is 205. The molecule has 0 amide bonds. The van der Waals surface area contributed by atoms with Gasteiger partial charge in [-0.3, -0.25) is 0 Å². The number of hydrogen-bond acceptors (Lipinski definition) is 0. The van der Waals surface area contributed by atoms with Crippen LogP contribution in [0.2, 0.25) is 0 Å². The molecule has 0 aromatic heterocycles. The van der Waals surface area contributed by atoms with Gasteiger partial charge in [-0.05, 0) is 12.0 Å². The van der Waals surface area contributed by atoms with Crippen LogP contribution in [0.5, 0.6) is 0 Å². The summed E-state index contributed by atoms with van der Waals surface area (Å²) in [5, 5.41) is 4.32. The molecule has 0 atom stereocenters. The van der Waals surface area contributed by atoms with E-state index in [0.29, 0.717) is 0 Å². The summed E-state index contributed by atoms with van der Waals surface area (Å²) >= 11 is 0. The van der Waals surface area contributed by atoms with Crippen LogP contribution in [0.25, 0.3) is 5.32 Å². The lowest BCUT2D eigenvalue weighted by molar-refractivity contribution is 0.906. The topological polar surface area (TPSA) is 14.1 Å². The lowest BCUT2D eigenvalue weighted by Crippen LogP contribution is -2.03. The van der Waals surface area contributed by atoms with Crippen molar-refractivity contribution in [2.45, 2.75) is 13.0 Å². The normalized spacial score (nSPS) is 16.4. The van der Waals surface area contributed by atoms with Gasteiger partial charge in [0.1, 0.15) is 0 Å². The van der Waals surface area contributed by atoms with E-state index in [2.05, 4.69) is 29.6 Å². The summed E-state index contributed by atoms with van der Waals surface area (Å²) in [6.07, 6.45) is 1.14. The maximum absolute atomic E-state index is 4.32. The molecule has 0 spiro atoms. The average Bonchev–Trinajstić information content (AvgIpc) is 2.05. The Morgan fingerprint density at radius 3 is 2.70 bits per heavy atom. The maximum Gasteiger partial charge on any atom is -0.0466 e. The summed E-state index contributed by atoms with van der Waals surface area (Å²) in [4.78, 5) is 0. The molecule has 0 bridgehead atoms. The van der Waals surface area contributed by atoms with Gasteiger partial charge in [0, 0.05) is 0 Å². The van der Waals surface area contributed by atoms with Crippen molar-refractivity contribution in [3.8, 4) is 0 Å². The van der Waals surface area contributed by atoms with Gasteiger partial charge in [-0.2, -0.15) is 0 Å². The Hall–Kier alpha value is -0.820. The van der Waals surface area contributed by atoms with Crippen molar-refractivity contribution in [3.05, 3.63) is 40.7 Å². The molecule has 1 aliphatic heterocycles. The van der Waals surface area contributed by atoms with Crippen LogP contribution in [0.1, 0.15) is 11.1 Å². The van der Waals surface area contributed by atoms with Crippen molar-refractivity contribution in [1.82, 2.24) is 0 Å². The van der Waals surface area contributed by atoms with Gasteiger partial charge < -0.3 is 5.32 Å². The van der Waals surface area contributed by atoms with Gasteiger partial charge in [0.25, 0.3) is 0 Å². The molecule has 1 nitrogen and oxygen atoms in total. The second kappa shape index (κ2) is 2.43. The summed E-state index contributed by atoms with van der Waals surface area (Å²) in [7, 11) is 0. The highest BCUT2D eigenvalue weighted by molar-refractivity contribution is 5.31. The molecule has 1 aliphatic rings. The molecule has 1 heterocycles. The van der Waals surface area contributed by atoms with Gasteiger partial charge in [-0.1, -0.05) is 29.8 Å². The highest BCUT2D eigenvalue weighted by atomic mass is 14.9. The van der Waals surface area contributed by atoms with E-state index in [1.165, 1.54) is 11.1 Å². The Morgan fingerprint density at radius 2 is 1.90 bits per heavy atom. The summed E-state index contributed by atoms with van der Waals surface area (Å²) in [6.45, 7) is 1.94. The first-order valence-corrected chi connectivity index (χ1v) is 3.67. The molecular weight excluding hydrogens is 122 g/mol. The summed E-state index contributed by atoms with van der Waals surface area (Å²) in [6, 6.07) is 8.55. The summed E-state index contributed by atoms with van der Waals surface area (Å²) in [5.74, 6) is 0. The van der Waals surface area contributed by atoms with Crippen LogP contribution >= 0.6 is 0 Å². The van der Waals surface area contributed by atoms with E-state index >= 15 is 0 Å².